The average Bonchev–Trinajstić information content (AvgIpc) is 2.88. The number of hydrogen-bond donors (Lipinski definition) is 1. The van der Waals surface area contributed by atoms with E-state index in [1.165, 1.54) is 12.1 Å². The summed E-state index contributed by atoms with van der Waals surface area (Å²) < 4.78 is 10.7. The van der Waals surface area contributed by atoms with Crippen LogP contribution >= 0.6 is 0 Å². The van der Waals surface area contributed by atoms with E-state index in [1.54, 1.807) is 6.07 Å². The molecule has 0 aliphatic carbocycles. The van der Waals surface area contributed by atoms with Crippen molar-refractivity contribution in [2.24, 2.45) is 0 Å². The fourth-order valence-electron chi connectivity index (χ4n) is 1.90. The van der Waals surface area contributed by atoms with E-state index in [9.17, 15) is 4.79 Å². The Bertz CT molecular complexity index is 791. The first-order valence-corrected chi connectivity index (χ1v) is 6.01. The minimum Gasteiger partial charge on any atom is -0.475 e. The number of carboxylic acid groups (broad SMARTS) is 1. The van der Waals surface area contributed by atoms with E-state index in [0.29, 0.717) is 11.3 Å². The molecule has 0 unspecified atom stereocenters. The van der Waals surface area contributed by atoms with Crippen molar-refractivity contribution in [2.75, 3.05) is 0 Å². The van der Waals surface area contributed by atoms with Crippen LogP contribution in [0.3, 0.4) is 0 Å². The second-order valence-electron chi connectivity index (χ2n) is 4.31. The molecule has 100 valence electrons. The minimum absolute atomic E-state index is 0.123. The Kier molecular flexibility index (Phi) is 2.87. The Morgan fingerprint density at radius 3 is 2.80 bits per heavy atom. The van der Waals surface area contributed by atoms with Crippen LogP contribution in [0, 0.1) is 6.92 Å². The molecule has 0 fully saturated rings. The van der Waals surface area contributed by atoms with Gasteiger partial charge in [-0.25, -0.2) is 9.78 Å². The van der Waals surface area contributed by atoms with E-state index in [2.05, 4.69) is 4.98 Å². The summed E-state index contributed by atoms with van der Waals surface area (Å²) in [6.45, 7) is 1.89. The van der Waals surface area contributed by atoms with Gasteiger partial charge in [-0.2, -0.15) is 0 Å². The lowest BCUT2D eigenvalue weighted by molar-refractivity contribution is 0.0657. The first-order chi connectivity index (χ1) is 9.63. The van der Waals surface area contributed by atoms with Crippen molar-refractivity contribution in [3.05, 3.63) is 53.9 Å². The van der Waals surface area contributed by atoms with Gasteiger partial charge in [-0.1, -0.05) is 18.2 Å². The summed E-state index contributed by atoms with van der Waals surface area (Å²) in [5.74, 6) is -0.646. The molecule has 2 aromatic heterocycles. The van der Waals surface area contributed by atoms with Crippen LogP contribution in [0.2, 0.25) is 0 Å². The van der Waals surface area contributed by atoms with Crippen molar-refractivity contribution in [1.82, 2.24) is 4.98 Å². The lowest BCUT2D eigenvalue weighted by atomic mass is 10.2. The number of nitrogens with zero attached hydrogens (tertiary/aromatic N) is 1. The van der Waals surface area contributed by atoms with E-state index in [-0.39, 0.29) is 11.7 Å². The fourth-order valence-corrected chi connectivity index (χ4v) is 1.90. The molecule has 0 saturated heterocycles. The number of rotatable bonds is 3. The molecule has 0 aliphatic heterocycles. The molecule has 0 amide bonds. The Labute approximate surface area is 114 Å². The second-order valence-corrected chi connectivity index (χ2v) is 4.31. The van der Waals surface area contributed by atoms with E-state index in [4.69, 9.17) is 14.3 Å². The van der Waals surface area contributed by atoms with Gasteiger partial charge in [-0.15, -0.1) is 0 Å². The number of carboxylic acids is 1. The van der Waals surface area contributed by atoms with Crippen LogP contribution in [0.25, 0.3) is 10.9 Å². The number of ether oxygens (including phenoxy) is 1. The number of carbonyl (C=O) groups is 1. The Morgan fingerprint density at radius 1 is 1.20 bits per heavy atom. The summed E-state index contributed by atoms with van der Waals surface area (Å²) in [6, 6.07) is 12.2. The van der Waals surface area contributed by atoms with Gasteiger partial charge < -0.3 is 14.3 Å². The average molecular weight is 269 g/mol. The topological polar surface area (TPSA) is 72.6 Å². The number of furan rings is 1. The van der Waals surface area contributed by atoms with Crippen LogP contribution in [0.1, 0.15) is 16.2 Å². The zero-order chi connectivity index (χ0) is 14.1. The lowest BCUT2D eigenvalue weighted by Gasteiger charge is -2.06. The number of fused-ring (bicyclic) bond motifs is 1. The van der Waals surface area contributed by atoms with Gasteiger partial charge in [-0.3, -0.25) is 0 Å². The molecule has 5 nitrogen and oxygen atoms in total. The maximum absolute atomic E-state index is 10.8. The number of aromatic carboxylic acids is 1. The van der Waals surface area contributed by atoms with Crippen molar-refractivity contribution in [3.8, 4) is 11.7 Å². The molecule has 5 heteroatoms. The maximum Gasteiger partial charge on any atom is 0.371 e. The van der Waals surface area contributed by atoms with Crippen molar-refractivity contribution in [1.29, 1.82) is 0 Å². The van der Waals surface area contributed by atoms with Crippen LogP contribution in [-0.2, 0) is 0 Å². The zero-order valence-corrected chi connectivity index (χ0v) is 10.7. The maximum atomic E-state index is 10.8. The zero-order valence-electron chi connectivity index (χ0n) is 10.7. The van der Waals surface area contributed by atoms with Crippen molar-refractivity contribution < 1.29 is 19.1 Å². The highest BCUT2D eigenvalue weighted by atomic mass is 16.6. The number of hydrogen-bond acceptors (Lipinski definition) is 4. The monoisotopic (exact) mass is 269 g/mol. The van der Waals surface area contributed by atoms with Gasteiger partial charge in [0.25, 0.3) is 5.95 Å². The Hall–Kier alpha value is -2.82. The molecule has 1 aromatic carbocycles. The van der Waals surface area contributed by atoms with Gasteiger partial charge in [-0.05, 0) is 25.1 Å². The predicted octanol–water partition coefficient (Wildman–Crippen LogP) is 3.63. The third-order valence-electron chi connectivity index (χ3n) is 2.83. The van der Waals surface area contributed by atoms with Gasteiger partial charge in [0, 0.05) is 17.1 Å². The second kappa shape index (κ2) is 4.70. The van der Waals surface area contributed by atoms with Gasteiger partial charge >= 0.3 is 5.97 Å². The fraction of sp³-hybridized carbons (Fsp3) is 0.0667. The molecule has 1 N–H and O–H groups in total. The molecule has 3 aromatic rings. The number of pyridine rings is 1. The summed E-state index contributed by atoms with van der Waals surface area (Å²) >= 11 is 0. The normalized spacial score (nSPS) is 10.7. The minimum atomic E-state index is -1.13. The summed E-state index contributed by atoms with van der Waals surface area (Å²) in [6.07, 6.45) is 0. The molecular formula is C15H11NO4. The molecule has 0 bridgehead atoms. The smallest absolute Gasteiger partial charge is 0.371 e. The molecular weight excluding hydrogens is 258 g/mol. The Balaban J connectivity index is 2.01. The molecule has 0 spiro atoms. The number of benzene rings is 1. The van der Waals surface area contributed by atoms with Crippen LogP contribution in [0.15, 0.2) is 46.9 Å². The summed E-state index contributed by atoms with van der Waals surface area (Å²) in [5.41, 5.74) is 1.58. The first kappa shape index (κ1) is 12.2. The van der Waals surface area contributed by atoms with Crippen LogP contribution in [0.4, 0.5) is 0 Å². The van der Waals surface area contributed by atoms with Crippen molar-refractivity contribution in [3.63, 3.8) is 0 Å². The number of aromatic nitrogens is 1. The molecule has 2 heterocycles. The lowest BCUT2D eigenvalue weighted by Crippen LogP contribution is -1.92. The van der Waals surface area contributed by atoms with Crippen LogP contribution in [-0.4, -0.2) is 16.1 Å². The summed E-state index contributed by atoms with van der Waals surface area (Å²) in [4.78, 5) is 15.2. The van der Waals surface area contributed by atoms with E-state index >= 15 is 0 Å². The van der Waals surface area contributed by atoms with Gasteiger partial charge in [0.2, 0.25) is 5.76 Å². The van der Waals surface area contributed by atoms with Gasteiger partial charge in [0.15, 0.2) is 5.75 Å². The summed E-state index contributed by atoms with van der Waals surface area (Å²) in [7, 11) is 0. The molecule has 0 saturated carbocycles. The summed E-state index contributed by atoms with van der Waals surface area (Å²) in [5, 5.41) is 9.75. The molecule has 20 heavy (non-hydrogen) atoms. The van der Waals surface area contributed by atoms with Gasteiger partial charge in [0.05, 0.1) is 0 Å². The Morgan fingerprint density at radius 2 is 2.05 bits per heavy atom. The number of aryl methyl sites for hydroxylation is 1. The molecule has 0 radical (unpaired) electrons. The van der Waals surface area contributed by atoms with Crippen molar-refractivity contribution >= 4 is 16.9 Å². The quantitative estimate of drug-likeness (QED) is 0.786. The van der Waals surface area contributed by atoms with E-state index < -0.39 is 5.97 Å². The number of para-hydroxylation sites is 1. The van der Waals surface area contributed by atoms with Gasteiger partial charge in [0.1, 0.15) is 5.52 Å². The molecule has 0 atom stereocenters. The van der Waals surface area contributed by atoms with Crippen LogP contribution in [0.5, 0.6) is 11.7 Å². The molecule has 0 aliphatic rings. The van der Waals surface area contributed by atoms with Crippen LogP contribution < -0.4 is 4.74 Å². The highest BCUT2D eigenvalue weighted by molar-refractivity contribution is 5.85. The van der Waals surface area contributed by atoms with Crippen molar-refractivity contribution in [2.45, 2.75) is 6.92 Å². The highest BCUT2D eigenvalue weighted by Gasteiger charge is 2.12. The highest BCUT2D eigenvalue weighted by Crippen LogP contribution is 2.29. The third kappa shape index (κ3) is 2.21. The first-order valence-electron chi connectivity index (χ1n) is 6.01. The van der Waals surface area contributed by atoms with E-state index in [0.717, 1.165) is 11.1 Å². The third-order valence-corrected chi connectivity index (χ3v) is 2.83. The SMILES string of the molecule is Cc1ccc2cccc(Oc3ccc(C(=O)O)o3)c2n1. The molecule has 3 rings (SSSR count). The largest absolute Gasteiger partial charge is 0.475 e. The predicted molar refractivity (Wildman–Crippen MR) is 72.2 cm³/mol. The van der Waals surface area contributed by atoms with E-state index in [1.807, 2.05) is 31.2 Å². The standard InChI is InChI=1S/C15H11NO4/c1-9-5-6-10-3-2-4-11(14(10)16-9)19-13-8-7-12(20-13)15(17)18/h2-8H,1H3,(H,17,18).